The first-order valence-corrected chi connectivity index (χ1v) is 10.8. The van der Waals surface area contributed by atoms with Crippen LogP contribution in [0.1, 0.15) is 5.56 Å². The SMILES string of the molecule is CNS(=O)(=O)c1ccc(NCc2ccc(N3CCSCC3)cc2)nc1. The Balaban J connectivity index is 1.58. The van der Waals surface area contributed by atoms with Gasteiger partial charge >= 0.3 is 0 Å². The Morgan fingerprint density at radius 1 is 1.12 bits per heavy atom. The number of aromatic nitrogens is 1. The predicted molar refractivity (Wildman–Crippen MR) is 104 cm³/mol. The van der Waals surface area contributed by atoms with Crippen LogP contribution in [-0.4, -0.2) is 45.0 Å². The van der Waals surface area contributed by atoms with Crippen LogP contribution in [0.4, 0.5) is 11.5 Å². The molecule has 0 radical (unpaired) electrons. The fraction of sp³-hybridized carbons (Fsp3) is 0.353. The lowest BCUT2D eigenvalue weighted by atomic mass is 10.2. The Labute approximate surface area is 153 Å². The summed E-state index contributed by atoms with van der Waals surface area (Å²) < 4.78 is 25.6. The zero-order valence-electron chi connectivity index (χ0n) is 14.1. The van der Waals surface area contributed by atoms with Gasteiger partial charge in [0.05, 0.1) is 0 Å². The molecule has 0 atom stereocenters. The summed E-state index contributed by atoms with van der Waals surface area (Å²) in [5.41, 5.74) is 2.42. The zero-order chi connectivity index (χ0) is 17.7. The van der Waals surface area contributed by atoms with Crippen molar-refractivity contribution < 1.29 is 8.42 Å². The molecule has 0 saturated carbocycles. The molecule has 2 heterocycles. The molecular weight excluding hydrogens is 356 g/mol. The minimum absolute atomic E-state index is 0.157. The summed E-state index contributed by atoms with van der Waals surface area (Å²) in [6, 6.07) is 11.8. The van der Waals surface area contributed by atoms with Crippen LogP contribution in [0.5, 0.6) is 0 Å². The smallest absolute Gasteiger partial charge is 0.241 e. The molecule has 1 aliphatic rings. The Morgan fingerprint density at radius 3 is 2.44 bits per heavy atom. The van der Waals surface area contributed by atoms with E-state index in [1.807, 2.05) is 11.8 Å². The number of benzene rings is 1. The van der Waals surface area contributed by atoms with Crippen LogP contribution in [0.15, 0.2) is 47.5 Å². The van der Waals surface area contributed by atoms with Crippen molar-refractivity contribution in [1.29, 1.82) is 0 Å². The summed E-state index contributed by atoms with van der Waals surface area (Å²) in [5, 5.41) is 3.21. The van der Waals surface area contributed by atoms with E-state index in [0.717, 1.165) is 18.7 Å². The van der Waals surface area contributed by atoms with Gasteiger partial charge in [0.1, 0.15) is 10.7 Å². The number of nitrogens with zero attached hydrogens (tertiary/aromatic N) is 2. The molecule has 25 heavy (non-hydrogen) atoms. The van der Waals surface area contributed by atoms with Crippen molar-refractivity contribution in [2.75, 3.05) is 41.9 Å². The van der Waals surface area contributed by atoms with Crippen molar-refractivity contribution >= 4 is 33.3 Å². The number of anilines is 2. The third-order valence-corrected chi connectivity index (χ3v) is 6.44. The van der Waals surface area contributed by atoms with E-state index in [1.165, 1.54) is 30.4 Å². The molecule has 8 heteroatoms. The molecule has 2 N–H and O–H groups in total. The monoisotopic (exact) mass is 378 g/mol. The second kappa shape index (κ2) is 8.07. The summed E-state index contributed by atoms with van der Waals surface area (Å²) in [6.07, 6.45) is 1.35. The molecule has 3 rings (SSSR count). The van der Waals surface area contributed by atoms with E-state index in [-0.39, 0.29) is 4.90 Å². The van der Waals surface area contributed by atoms with Crippen molar-refractivity contribution in [2.24, 2.45) is 0 Å². The molecule has 1 aromatic heterocycles. The van der Waals surface area contributed by atoms with Gasteiger partial charge in [-0.3, -0.25) is 0 Å². The van der Waals surface area contributed by atoms with Gasteiger partial charge in [-0.1, -0.05) is 12.1 Å². The number of pyridine rings is 1. The van der Waals surface area contributed by atoms with Crippen molar-refractivity contribution in [3.05, 3.63) is 48.2 Å². The molecule has 2 aromatic rings. The molecule has 0 aliphatic carbocycles. The minimum Gasteiger partial charge on any atom is -0.370 e. The highest BCUT2D eigenvalue weighted by molar-refractivity contribution is 7.99. The van der Waals surface area contributed by atoms with E-state index in [1.54, 1.807) is 12.1 Å². The zero-order valence-corrected chi connectivity index (χ0v) is 15.7. The minimum atomic E-state index is -3.44. The third-order valence-electron chi connectivity index (χ3n) is 4.10. The molecular formula is C17H22N4O2S2. The molecule has 0 unspecified atom stereocenters. The van der Waals surface area contributed by atoms with Crippen molar-refractivity contribution in [3.63, 3.8) is 0 Å². The van der Waals surface area contributed by atoms with Gasteiger partial charge in [0.2, 0.25) is 10.0 Å². The Hall–Kier alpha value is -1.77. The Kier molecular flexibility index (Phi) is 5.82. The molecule has 1 fully saturated rings. The van der Waals surface area contributed by atoms with E-state index >= 15 is 0 Å². The Bertz CT molecular complexity index is 786. The van der Waals surface area contributed by atoms with Gasteiger partial charge in [0.15, 0.2) is 0 Å². The lowest BCUT2D eigenvalue weighted by molar-refractivity contribution is 0.588. The van der Waals surface area contributed by atoms with E-state index in [2.05, 4.69) is 44.2 Å². The van der Waals surface area contributed by atoms with Gasteiger partial charge in [-0.2, -0.15) is 11.8 Å². The van der Waals surface area contributed by atoms with Gasteiger partial charge < -0.3 is 10.2 Å². The molecule has 1 aliphatic heterocycles. The van der Waals surface area contributed by atoms with Crippen molar-refractivity contribution in [2.45, 2.75) is 11.4 Å². The van der Waals surface area contributed by atoms with Crippen LogP contribution in [0.2, 0.25) is 0 Å². The normalized spacial score (nSPS) is 15.2. The predicted octanol–water partition coefficient (Wildman–Crippen LogP) is 2.16. The van der Waals surface area contributed by atoms with E-state index < -0.39 is 10.0 Å². The molecule has 134 valence electrons. The quantitative estimate of drug-likeness (QED) is 0.802. The highest BCUT2D eigenvalue weighted by Gasteiger charge is 2.12. The highest BCUT2D eigenvalue weighted by Crippen LogP contribution is 2.20. The molecule has 6 nitrogen and oxygen atoms in total. The maximum absolute atomic E-state index is 11.7. The second-order valence-electron chi connectivity index (χ2n) is 5.71. The summed E-state index contributed by atoms with van der Waals surface area (Å²) >= 11 is 2.01. The maximum atomic E-state index is 11.7. The van der Waals surface area contributed by atoms with Crippen LogP contribution < -0.4 is 14.9 Å². The molecule has 1 aromatic carbocycles. The first-order valence-electron chi connectivity index (χ1n) is 8.13. The van der Waals surface area contributed by atoms with Gasteiger partial charge in [0, 0.05) is 43.0 Å². The van der Waals surface area contributed by atoms with Gasteiger partial charge in [-0.05, 0) is 36.9 Å². The number of rotatable bonds is 6. The van der Waals surface area contributed by atoms with Crippen LogP contribution in [0.25, 0.3) is 0 Å². The summed E-state index contributed by atoms with van der Waals surface area (Å²) in [7, 11) is -2.06. The molecule has 1 saturated heterocycles. The maximum Gasteiger partial charge on any atom is 0.241 e. The fourth-order valence-corrected chi connectivity index (χ4v) is 4.18. The lowest BCUT2D eigenvalue weighted by Gasteiger charge is -2.28. The summed E-state index contributed by atoms with van der Waals surface area (Å²) in [5.74, 6) is 3.02. The second-order valence-corrected chi connectivity index (χ2v) is 8.82. The highest BCUT2D eigenvalue weighted by atomic mass is 32.2. The molecule has 0 spiro atoms. The summed E-state index contributed by atoms with van der Waals surface area (Å²) in [4.78, 5) is 6.73. The number of nitrogens with one attached hydrogen (secondary N) is 2. The number of sulfonamides is 1. The standard InChI is InChI=1S/C17H22N4O2S2/c1-18-25(22,23)16-6-7-17(20-13-16)19-12-14-2-4-15(5-3-14)21-8-10-24-11-9-21/h2-7,13,18H,8-12H2,1H3,(H,19,20). The first kappa shape index (κ1) is 18.0. The van der Waals surface area contributed by atoms with E-state index in [0.29, 0.717) is 12.4 Å². The lowest BCUT2D eigenvalue weighted by Crippen LogP contribution is -2.32. The average molecular weight is 379 g/mol. The number of hydrogen-bond donors (Lipinski definition) is 2. The van der Waals surface area contributed by atoms with Gasteiger partial charge in [-0.15, -0.1) is 0 Å². The Morgan fingerprint density at radius 2 is 1.84 bits per heavy atom. The largest absolute Gasteiger partial charge is 0.370 e. The van der Waals surface area contributed by atoms with E-state index in [4.69, 9.17) is 0 Å². The number of hydrogen-bond acceptors (Lipinski definition) is 6. The number of thioether (sulfide) groups is 1. The van der Waals surface area contributed by atoms with Crippen LogP contribution in [0, 0.1) is 0 Å². The third kappa shape index (κ3) is 4.65. The van der Waals surface area contributed by atoms with Crippen LogP contribution in [-0.2, 0) is 16.6 Å². The first-order chi connectivity index (χ1) is 12.1. The fourth-order valence-electron chi connectivity index (χ4n) is 2.60. The molecule has 0 amide bonds. The van der Waals surface area contributed by atoms with E-state index in [9.17, 15) is 8.42 Å². The summed E-state index contributed by atoms with van der Waals surface area (Å²) in [6.45, 7) is 2.85. The van der Waals surface area contributed by atoms with Gasteiger partial charge in [0.25, 0.3) is 0 Å². The van der Waals surface area contributed by atoms with Crippen molar-refractivity contribution in [1.82, 2.24) is 9.71 Å². The van der Waals surface area contributed by atoms with Crippen LogP contribution in [0.3, 0.4) is 0 Å². The molecule has 0 bridgehead atoms. The van der Waals surface area contributed by atoms with Crippen LogP contribution >= 0.6 is 11.8 Å². The topological polar surface area (TPSA) is 74.3 Å². The van der Waals surface area contributed by atoms with Crippen molar-refractivity contribution in [3.8, 4) is 0 Å². The average Bonchev–Trinajstić information content (AvgIpc) is 2.68. The van der Waals surface area contributed by atoms with Gasteiger partial charge in [-0.25, -0.2) is 18.1 Å².